The molecule has 0 radical (unpaired) electrons. The van der Waals surface area contributed by atoms with Gasteiger partial charge >= 0.3 is 17.8 Å². The number of hydrogen-bond donors (Lipinski definition) is 2. The largest absolute Gasteiger partial charge is 0.471 e. The fourth-order valence-electron chi connectivity index (χ4n) is 4.62. The van der Waals surface area contributed by atoms with Crippen LogP contribution in [0.5, 0.6) is 0 Å². The second-order valence-corrected chi connectivity index (χ2v) is 11.4. The van der Waals surface area contributed by atoms with Crippen LogP contribution in [-0.2, 0) is 23.3 Å². The number of nitrogens with one attached hydrogen (secondary N) is 2. The first-order valence-corrected chi connectivity index (χ1v) is 14.1. The van der Waals surface area contributed by atoms with Gasteiger partial charge in [0.05, 0.1) is 32.2 Å². The molecule has 1 aromatic heterocycles. The Morgan fingerprint density at radius 3 is 2.61 bits per heavy atom. The van der Waals surface area contributed by atoms with E-state index in [0.29, 0.717) is 6.42 Å². The van der Waals surface area contributed by atoms with E-state index in [4.69, 9.17) is 23.8 Å². The Hall–Kier alpha value is -2.78. The summed E-state index contributed by atoms with van der Waals surface area (Å²) < 4.78 is 65.2. The van der Waals surface area contributed by atoms with Crippen LogP contribution in [0, 0.1) is 23.2 Å². The van der Waals surface area contributed by atoms with E-state index in [-0.39, 0.29) is 37.3 Å². The third-order valence-corrected chi connectivity index (χ3v) is 8.61. The number of hydrogen-bond acceptors (Lipinski definition) is 9. The average Bonchev–Trinajstić information content (AvgIpc) is 3.38. The second-order valence-electron chi connectivity index (χ2n) is 9.97. The van der Waals surface area contributed by atoms with Crippen molar-refractivity contribution in [1.29, 1.82) is 5.26 Å². The molecule has 16 heteroatoms. The average molecular weight is 604 g/mol. The van der Waals surface area contributed by atoms with Crippen molar-refractivity contribution < 1.29 is 36.5 Å². The lowest BCUT2D eigenvalue weighted by atomic mass is 9.96. The smallest absolute Gasteiger partial charge is 0.368 e. The first-order valence-electron chi connectivity index (χ1n) is 13.0. The number of carbonyl (C=O) groups is 1. The number of nitriles is 1. The van der Waals surface area contributed by atoms with Crippen molar-refractivity contribution in [3.8, 4) is 17.9 Å². The predicted octanol–water partition coefficient (Wildman–Crippen LogP) is 2.30. The van der Waals surface area contributed by atoms with Crippen molar-refractivity contribution in [1.82, 2.24) is 19.5 Å². The molecule has 3 heterocycles. The van der Waals surface area contributed by atoms with Gasteiger partial charge in [0.15, 0.2) is 6.23 Å². The maximum absolute atomic E-state index is 12.8. The standard InChI is InChI=1S/C25H33F3N5O7P/c1-6-24-14-37-18(19(24)40-41(38-12-8-10-29)33(15(2)3)16(4)5)21(39-24)32-13-17(20(34)31-23(32)36)9-7-11-30-22(35)25(26,27)28/h13,15-16,18-19,21H,6,8,11-12,14H2,1-5H3,(H,30,35)(H,31,34,36)/t18-,19?,21-,24-,41?/m1/s1. The molecule has 12 nitrogen and oxygen atoms in total. The summed E-state index contributed by atoms with van der Waals surface area (Å²) in [5.74, 6) is 2.48. The Kier molecular flexibility index (Phi) is 10.7. The molecular weight excluding hydrogens is 570 g/mol. The van der Waals surface area contributed by atoms with Gasteiger partial charge in [0.2, 0.25) is 0 Å². The number of rotatable bonds is 11. The molecule has 3 rings (SSSR count). The number of alkyl halides is 3. The molecule has 5 atom stereocenters. The van der Waals surface area contributed by atoms with Crippen LogP contribution in [-0.4, -0.2) is 76.0 Å². The lowest BCUT2D eigenvalue weighted by Gasteiger charge is -2.38. The summed E-state index contributed by atoms with van der Waals surface area (Å²) in [6, 6.07) is 2.14. The van der Waals surface area contributed by atoms with E-state index >= 15 is 0 Å². The molecule has 2 unspecified atom stereocenters. The zero-order valence-corrected chi connectivity index (χ0v) is 24.2. The van der Waals surface area contributed by atoms with E-state index in [2.05, 4.69) is 27.6 Å². The fourth-order valence-corrected chi connectivity index (χ4v) is 6.43. The van der Waals surface area contributed by atoms with Gasteiger partial charge in [-0.1, -0.05) is 18.8 Å². The summed E-state index contributed by atoms with van der Waals surface area (Å²) in [5, 5.41) is 10.6. The van der Waals surface area contributed by atoms with Crippen LogP contribution < -0.4 is 16.6 Å². The highest BCUT2D eigenvalue weighted by Gasteiger charge is 2.63. The number of carbonyl (C=O) groups excluding carboxylic acids is 1. The molecule has 1 aromatic rings. The Labute approximate surface area is 236 Å². The monoisotopic (exact) mass is 603 g/mol. The minimum absolute atomic E-state index is 0.0429. The summed E-state index contributed by atoms with van der Waals surface area (Å²) in [5.41, 5.74) is -2.84. The SMILES string of the molecule is CC[C@@]12CO[C@H](C1OP(OCCC#N)N(C(C)C)C(C)C)[C@H](n1cc(C#CCNC(=O)C(F)(F)F)c(=O)[nH]c1=O)O2. The van der Waals surface area contributed by atoms with E-state index in [1.54, 1.807) is 5.32 Å². The van der Waals surface area contributed by atoms with Crippen LogP contribution in [0.25, 0.3) is 0 Å². The maximum atomic E-state index is 12.8. The zero-order valence-electron chi connectivity index (χ0n) is 23.3. The van der Waals surface area contributed by atoms with Crippen LogP contribution in [0.2, 0.25) is 0 Å². The van der Waals surface area contributed by atoms with E-state index in [9.17, 15) is 27.6 Å². The highest BCUT2D eigenvalue weighted by Crippen LogP contribution is 2.55. The maximum Gasteiger partial charge on any atom is 0.471 e. The van der Waals surface area contributed by atoms with Crippen molar-refractivity contribution in [3.05, 3.63) is 32.6 Å². The molecule has 0 saturated carbocycles. The van der Waals surface area contributed by atoms with E-state index in [1.165, 1.54) is 0 Å². The molecule has 0 aromatic carbocycles. The molecule has 1 amide bonds. The van der Waals surface area contributed by atoms with Gasteiger partial charge in [-0.3, -0.25) is 19.1 Å². The van der Waals surface area contributed by atoms with Crippen molar-refractivity contribution in [3.63, 3.8) is 0 Å². The lowest BCUT2D eigenvalue weighted by molar-refractivity contribution is -0.175. The summed E-state index contributed by atoms with van der Waals surface area (Å²) >= 11 is 0. The van der Waals surface area contributed by atoms with Crippen LogP contribution in [0.15, 0.2) is 15.8 Å². The quantitative estimate of drug-likeness (QED) is 0.221. The van der Waals surface area contributed by atoms with Crippen LogP contribution in [0.1, 0.15) is 59.3 Å². The van der Waals surface area contributed by atoms with Crippen LogP contribution in [0.4, 0.5) is 13.2 Å². The van der Waals surface area contributed by atoms with E-state index < -0.39 is 62.4 Å². The predicted molar refractivity (Wildman–Crippen MR) is 140 cm³/mol. The topological polar surface area (TPSA) is 148 Å². The number of halogens is 3. The van der Waals surface area contributed by atoms with Crippen LogP contribution in [0.3, 0.4) is 0 Å². The molecule has 41 heavy (non-hydrogen) atoms. The Morgan fingerprint density at radius 1 is 1.34 bits per heavy atom. The number of amides is 1. The zero-order chi connectivity index (χ0) is 30.5. The van der Waals surface area contributed by atoms with Crippen LogP contribution >= 0.6 is 8.53 Å². The number of ether oxygens (including phenoxy) is 2. The van der Waals surface area contributed by atoms with Gasteiger partial charge in [0, 0.05) is 18.3 Å². The van der Waals surface area contributed by atoms with Gasteiger partial charge < -0.3 is 23.8 Å². The Balaban J connectivity index is 1.89. The summed E-state index contributed by atoms with van der Waals surface area (Å²) in [6.07, 6.45) is -5.78. The van der Waals surface area contributed by atoms with E-state index in [1.807, 2.05) is 34.6 Å². The van der Waals surface area contributed by atoms with Gasteiger partial charge in [-0.2, -0.15) is 18.4 Å². The molecular formula is C25H33F3N5O7P. The number of aromatic amines is 1. The van der Waals surface area contributed by atoms with Gasteiger partial charge in [0.25, 0.3) is 14.1 Å². The minimum Gasteiger partial charge on any atom is -0.368 e. The Bertz CT molecular complexity index is 1310. The molecule has 2 aliphatic heterocycles. The highest BCUT2D eigenvalue weighted by atomic mass is 31.2. The fraction of sp³-hybridized carbons (Fsp3) is 0.680. The molecule has 0 spiro atoms. The van der Waals surface area contributed by atoms with Crippen molar-refractivity contribution in [2.45, 2.75) is 89.8 Å². The third-order valence-electron chi connectivity index (χ3n) is 6.50. The third kappa shape index (κ3) is 7.36. The van der Waals surface area contributed by atoms with Gasteiger partial charge in [-0.25, -0.2) is 9.46 Å². The normalized spacial score (nSPS) is 24.4. The van der Waals surface area contributed by atoms with Crippen molar-refractivity contribution >= 4 is 14.4 Å². The first-order chi connectivity index (χ1) is 19.3. The number of H-pyrrole nitrogens is 1. The Morgan fingerprint density at radius 2 is 2.02 bits per heavy atom. The van der Waals surface area contributed by atoms with Gasteiger partial charge in [-0.15, -0.1) is 0 Å². The lowest BCUT2D eigenvalue weighted by Crippen LogP contribution is -2.43. The number of fused-ring (bicyclic) bond motifs is 2. The summed E-state index contributed by atoms with van der Waals surface area (Å²) in [4.78, 5) is 38.2. The second kappa shape index (κ2) is 13.5. The molecule has 2 saturated heterocycles. The molecule has 2 bridgehead atoms. The van der Waals surface area contributed by atoms with E-state index in [0.717, 1.165) is 10.8 Å². The molecule has 2 aliphatic rings. The summed E-state index contributed by atoms with van der Waals surface area (Å²) in [6.45, 7) is 9.54. The molecule has 226 valence electrons. The molecule has 2 N–H and O–H groups in total. The number of nitrogens with zero attached hydrogens (tertiary/aromatic N) is 3. The van der Waals surface area contributed by atoms with Crippen molar-refractivity contribution in [2.24, 2.45) is 0 Å². The van der Waals surface area contributed by atoms with Crippen molar-refractivity contribution in [2.75, 3.05) is 19.8 Å². The first kappa shape index (κ1) is 32.7. The highest BCUT2D eigenvalue weighted by molar-refractivity contribution is 7.44. The van der Waals surface area contributed by atoms with Gasteiger partial charge in [0.1, 0.15) is 23.4 Å². The molecule has 0 aliphatic carbocycles. The summed E-state index contributed by atoms with van der Waals surface area (Å²) in [7, 11) is -1.67. The molecule has 2 fully saturated rings. The number of aromatic nitrogens is 2. The van der Waals surface area contributed by atoms with Gasteiger partial charge in [-0.05, 0) is 34.1 Å². The minimum atomic E-state index is -5.07.